The number of nitrogens with zero attached hydrogens (tertiary/aromatic N) is 3. The Morgan fingerprint density at radius 1 is 1.23 bits per heavy atom. The maximum atomic E-state index is 13.3. The van der Waals surface area contributed by atoms with E-state index < -0.39 is 0 Å². The second kappa shape index (κ2) is 9.44. The molecule has 1 amide bonds. The van der Waals surface area contributed by atoms with Crippen molar-refractivity contribution in [3.63, 3.8) is 0 Å². The number of nitrogens with one attached hydrogen (secondary N) is 1. The van der Waals surface area contributed by atoms with Crippen molar-refractivity contribution in [2.45, 2.75) is 60.9 Å². The second-order valence-electron chi connectivity index (χ2n) is 9.74. The summed E-state index contributed by atoms with van der Waals surface area (Å²) in [6, 6.07) is 3.35. The highest BCUT2D eigenvalue weighted by Gasteiger charge is 2.47. The molecule has 8 heteroatoms. The van der Waals surface area contributed by atoms with Crippen LogP contribution in [0, 0.1) is 10.8 Å². The topological polar surface area (TPSA) is 98.1 Å². The lowest BCUT2D eigenvalue weighted by Gasteiger charge is -2.36. The quantitative estimate of drug-likeness (QED) is 0.633. The minimum absolute atomic E-state index is 0.105. The van der Waals surface area contributed by atoms with Crippen molar-refractivity contribution < 1.29 is 15.0 Å². The first-order valence-electron chi connectivity index (χ1n) is 10.3. The Morgan fingerprint density at radius 2 is 1.87 bits per heavy atom. The average molecular weight is 435 g/mol. The molecule has 0 spiro atoms. The lowest BCUT2D eigenvalue weighted by atomic mass is 9.84. The van der Waals surface area contributed by atoms with E-state index in [2.05, 4.69) is 35.8 Å². The van der Waals surface area contributed by atoms with E-state index in [0.717, 1.165) is 17.5 Å². The summed E-state index contributed by atoms with van der Waals surface area (Å²) >= 11 is 0. The highest BCUT2D eigenvalue weighted by Crippen LogP contribution is 2.38. The van der Waals surface area contributed by atoms with E-state index in [0.29, 0.717) is 18.0 Å². The number of carbonyl (C=O) groups is 1. The minimum Gasteiger partial charge on any atom is -0.509 e. The highest BCUT2D eigenvalue weighted by atomic mass is 31.1. The molecule has 1 aromatic heterocycles. The molecule has 0 fully saturated rings. The molecule has 3 rings (SSSR count). The van der Waals surface area contributed by atoms with Gasteiger partial charge >= 0.3 is 0 Å². The molecular formula is C22H35N4O3P. The summed E-state index contributed by atoms with van der Waals surface area (Å²) in [6.07, 6.45) is 2.59. The van der Waals surface area contributed by atoms with E-state index in [4.69, 9.17) is 5.11 Å². The van der Waals surface area contributed by atoms with Gasteiger partial charge in [-0.1, -0.05) is 41.5 Å². The molecule has 2 unspecified atom stereocenters. The first-order valence-corrected chi connectivity index (χ1v) is 11.3. The van der Waals surface area contributed by atoms with Crippen LogP contribution in [0.5, 0.6) is 0 Å². The van der Waals surface area contributed by atoms with Crippen LogP contribution in [0.3, 0.4) is 0 Å². The molecule has 0 aliphatic carbocycles. The molecule has 0 bridgehead atoms. The number of carbonyl (C=O) groups excluding carboxylic acids is 1. The van der Waals surface area contributed by atoms with Crippen molar-refractivity contribution >= 4 is 31.6 Å². The number of pyridine rings is 1. The van der Waals surface area contributed by atoms with Crippen LogP contribution in [0.4, 0.5) is 5.69 Å². The van der Waals surface area contributed by atoms with Gasteiger partial charge in [0.25, 0.3) is 5.91 Å². The highest BCUT2D eigenvalue weighted by molar-refractivity contribution is 7.46. The summed E-state index contributed by atoms with van der Waals surface area (Å²) in [5, 5.41) is 21.8. The lowest BCUT2D eigenvalue weighted by molar-refractivity contribution is -0.128. The lowest BCUT2D eigenvalue weighted by Crippen LogP contribution is -2.45. The Kier molecular flexibility index (Phi) is 7.64. The molecule has 2 atom stereocenters. The molecule has 0 saturated carbocycles. The van der Waals surface area contributed by atoms with Crippen molar-refractivity contribution in [2.75, 3.05) is 13.2 Å². The Bertz CT molecular complexity index is 838. The number of amides is 1. The maximum Gasteiger partial charge on any atom is 0.261 e. The zero-order valence-corrected chi connectivity index (χ0v) is 20.1. The predicted octanol–water partition coefficient (Wildman–Crippen LogP) is 3.44. The third-order valence-corrected chi connectivity index (χ3v) is 5.76. The fourth-order valence-corrected chi connectivity index (χ4v) is 4.23. The molecule has 2 aliphatic heterocycles. The average Bonchev–Trinajstić information content (AvgIpc) is 2.89. The summed E-state index contributed by atoms with van der Waals surface area (Å²) in [6.45, 7) is 15.1. The molecule has 166 valence electrons. The van der Waals surface area contributed by atoms with Crippen LogP contribution in [0.2, 0.25) is 0 Å². The van der Waals surface area contributed by atoms with Crippen molar-refractivity contribution in [1.82, 2.24) is 15.0 Å². The number of rotatable bonds is 3. The van der Waals surface area contributed by atoms with Crippen LogP contribution in [0.25, 0.3) is 0 Å². The van der Waals surface area contributed by atoms with Gasteiger partial charge in [0.1, 0.15) is 22.6 Å². The van der Waals surface area contributed by atoms with E-state index in [9.17, 15) is 9.90 Å². The molecule has 7 nitrogen and oxygen atoms in total. The maximum absolute atomic E-state index is 13.3. The van der Waals surface area contributed by atoms with Crippen molar-refractivity contribution in [3.05, 3.63) is 29.7 Å². The van der Waals surface area contributed by atoms with Crippen molar-refractivity contribution in [1.29, 1.82) is 0 Å². The summed E-state index contributed by atoms with van der Waals surface area (Å²) in [5.74, 6) is 0.411. The van der Waals surface area contributed by atoms with Crippen LogP contribution in [-0.4, -0.2) is 51.0 Å². The van der Waals surface area contributed by atoms with Gasteiger partial charge in [-0.3, -0.25) is 9.78 Å². The van der Waals surface area contributed by atoms with E-state index >= 15 is 0 Å². The first-order chi connectivity index (χ1) is 13.9. The molecule has 0 aromatic carbocycles. The van der Waals surface area contributed by atoms with E-state index in [1.807, 2.05) is 37.8 Å². The second-order valence-corrected chi connectivity index (χ2v) is 10.7. The Hall–Kier alpha value is -1.98. The van der Waals surface area contributed by atoms with Crippen molar-refractivity contribution in [3.8, 4) is 0 Å². The number of fused-ring (bicyclic) bond motifs is 1. The summed E-state index contributed by atoms with van der Waals surface area (Å²) in [4.78, 5) is 24.0. The summed E-state index contributed by atoms with van der Waals surface area (Å²) in [7, 11) is 0.214. The molecule has 0 saturated heterocycles. The molecule has 30 heavy (non-hydrogen) atoms. The fourth-order valence-electron chi connectivity index (χ4n) is 3.41. The van der Waals surface area contributed by atoms with Gasteiger partial charge in [-0.15, -0.1) is 0 Å². The molecule has 2 aliphatic rings. The predicted molar refractivity (Wildman–Crippen MR) is 124 cm³/mol. The van der Waals surface area contributed by atoms with Gasteiger partial charge in [0, 0.05) is 28.1 Å². The van der Waals surface area contributed by atoms with Gasteiger partial charge in [-0.2, -0.15) is 0 Å². The third-order valence-electron chi connectivity index (χ3n) is 4.78. The fraction of sp³-hybridized carbons (Fsp3) is 0.591. The van der Waals surface area contributed by atoms with Gasteiger partial charge in [0.15, 0.2) is 0 Å². The monoisotopic (exact) mass is 434 g/mol. The van der Waals surface area contributed by atoms with Crippen LogP contribution in [0.15, 0.2) is 34.7 Å². The molecular weight excluding hydrogens is 399 g/mol. The number of aliphatic hydroxyl groups is 2. The van der Waals surface area contributed by atoms with Gasteiger partial charge < -0.3 is 20.2 Å². The Labute approximate surface area is 181 Å². The third kappa shape index (κ3) is 5.58. The molecule has 1 aromatic rings. The smallest absolute Gasteiger partial charge is 0.261 e. The molecule has 3 heterocycles. The van der Waals surface area contributed by atoms with E-state index in [1.165, 1.54) is 0 Å². The Morgan fingerprint density at radius 3 is 2.43 bits per heavy atom. The van der Waals surface area contributed by atoms with Crippen LogP contribution in [-0.2, 0) is 4.79 Å². The zero-order valence-electron chi connectivity index (χ0n) is 19.1. The van der Waals surface area contributed by atoms with Crippen molar-refractivity contribution in [2.24, 2.45) is 15.8 Å². The SMILES string of the molecule is CC(C)(C)CCN1C(=O)C(C2=Nc3cccnc3PN2)=C(O)C1C(C)(C)C.CCO. The number of aliphatic imine (C=N–C) groups is 1. The van der Waals surface area contributed by atoms with Crippen LogP contribution < -0.4 is 10.5 Å². The number of amidine groups is 1. The Balaban J connectivity index is 0.00000101. The first kappa shape index (κ1) is 24.3. The van der Waals surface area contributed by atoms with Gasteiger partial charge in [-0.25, -0.2) is 4.99 Å². The number of aromatic nitrogens is 1. The molecule has 3 N–H and O–H groups in total. The number of hydrogen-bond acceptors (Lipinski definition) is 6. The normalized spacial score (nSPS) is 19.9. The molecule has 0 radical (unpaired) electrons. The van der Waals surface area contributed by atoms with E-state index in [-0.39, 0.29) is 43.9 Å². The van der Waals surface area contributed by atoms with Gasteiger partial charge in [-0.05, 0) is 36.3 Å². The number of aliphatic hydroxyl groups excluding tert-OH is 2. The summed E-state index contributed by atoms with van der Waals surface area (Å²) < 4.78 is 0. The van der Waals surface area contributed by atoms with Crippen LogP contribution in [0.1, 0.15) is 54.9 Å². The van der Waals surface area contributed by atoms with Gasteiger partial charge in [0.2, 0.25) is 0 Å². The minimum atomic E-state index is -0.356. The van der Waals surface area contributed by atoms with E-state index in [1.54, 1.807) is 13.1 Å². The summed E-state index contributed by atoms with van der Waals surface area (Å²) in [5.41, 5.74) is 1.73. The van der Waals surface area contributed by atoms with Crippen LogP contribution >= 0.6 is 8.73 Å². The van der Waals surface area contributed by atoms with Gasteiger partial charge in [0.05, 0.1) is 11.7 Å². The largest absolute Gasteiger partial charge is 0.509 e. The standard InChI is InChI=1S/C20H29N4O2P.C2H6O/c1-19(2,3)9-11-24-15(20(4,5)6)14(25)13(18(24)26)16-22-12-8-7-10-21-17(12)27-23-16;1-2-3/h7-8,10,15,25,27H,9,11H2,1-6H3,(H,22,23);3H,2H2,1H3. The number of hydrogen-bond donors (Lipinski definition) is 3. The zero-order chi connectivity index (χ0) is 22.7.